The fourth-order valence-corrected chi connectivity index (χ4v) is 3.65. The highest BCUT2D eigenvalue weighted by atomic mass is 35.5. The molecule has 2 aromatic carbocycles. The number of para-hydroxylation sites is 1. The van der Waals surface area contributed by atoms with E-state index in [1.165, 1.54) is 0 Å². The van der Waals surface area contributed by atoms with E-state index in [9.17, 15) is 9.59 Å². The van der Waals surface area contributed by atoms with E-state index in [4.69, 9.17) is 34.8 Å². The third-order valence-corrected chi connectivity index (χ3v) is 5.51. The summed E-state index contributed by atoms with van der Waals surface area (Å²) in [5, 5.41) is 4.20. The zero-order valence-corrected chi connectivity index (χ0v) is 17.4. The summed E-state index contributed by atoms with van der Waals surface area (Å²) in [6, 6.07) is 12.0. The number of halogens is 3. The van der Waals surface area contributed by atoms with Crippen LogP contribution in [0.2, 0.25) is 15.1 Å². The number of benzene rings is 2. The molecule has 0 spiro atoms. The van der Waals surface area contributed by atoms with Crippen LogP contribution in [-0.2, 0) is 4.79 Å². The molecule has 0 bridgehead atoms. The standard InChI is InChI=1S/C20H20Cl3N3O2/c21-15-6-4-14(5-7-15)20(28)26-12-10-25(11-13-26)9-8-18(27)24-19-16(22)2-1-3-17(19)23/h1-7H,8-13H2,(H,24,27). The minimum atomic E-state index is -0.144. The van der Waals surface area contributed by atoms with Crippen molar-refractivity contribution in [3.05, 3.63) is 63.1 Å². The van der Waals surface area contributed by atoms with Crippen molar-refractivity contribution in [1.82, 2.24) is 9.80 Å². The molecular weight excluding hydrogens is 421 g/mol. The molecule has 0 atom stereocenters. The summed E-state index contributed by atoms with van der Waals surface area (Å²) in [6.07, 6.45) is 0.326. The van der Waals surface area contributed by atoms with Crippen molar-refractivity contribution in [3.8, 4) is 0 Å². The van der Waals surface area contributed by atoms with Gasteiger partial charge in [-0.25, -0.2) is 0 Å². The van der Waals surface area contributed by atoms with Crippen molar-refractivity contribution in [2.45, 2.75) is 6.42 Å². The number of carbonyl (C=O) groups excluding carboxylic acids is 2. The van der Waals surface area contributed by atoms with Gasteiger partial charge in [0.25, 0.3) is 5.91 Å². The summed E-state index contributed by atoms with van der Waals surface area (Å²) in [4.78, 5) is 28.7. The van der Waals surface area contributed by atoms with Crippen LogP contribution in [0.4, 0.5) is 5.69 Å². The van der Waals surface area contributed by atoms with Crippen LogP contribution in [0.3, 0.4) is 0 Å². The van der Waals surface area contributed by atoms with Crippen LogP contribution in [0.25, 0.3) is 0 Å². The zero-order valence-electron chi connectivity index (χ0n) is 15.1. The molecule has 1 saturated heterocycles. The lowest BCUT2D eigenvalue weighted by Gasteiger charge is -2.34. The molecule has 2 amide bonds. The van der Waals surface area contributed by atoms with E-state index in [1.807, 2.05) is 4.90 Å². The Morgan fingerprint density at radius 2 is 1.50 bits per heavy atom. The molecule has 0 aromatic heterocycles. The van der Waals surface area contributed by atoms with E-state index in [0.29, 0.717) is 52.4 Å². The summed E-state index contributed by atoms with van der Waals surface area (Å²) in [5.74, 6) is -0.142. The van der Waals surface area contributed by atoms with Gasteiger partial charge in [-0.1, -0.05) is 40.9 Å². The highest BCUT2D eigenvalue weighted by Crippen LogP contribution is 2.29. The molecule has 2 aromatic rings. The zero-order chi connectivity index (χ0) is 20.1. The topological polar surface area (TPSA) is 52.7 Å². The normalized spacial score (nSPS) is 14.8. The van der Waals surface area contributed by atoms with E-state index >= 15 is 0 Å². The monoisotopic (exact) mass is 439 g/mol. The largest absolute Gasteiger partial charge is 0.336 e. The number of rotatable bonds is 5. The maximum Gasteiger partial charge on any atom is 0.253 e. The molecule has 1 aliphatic rings. The SMILES string of the molecule is O=C(CCN1CCN(C(=O)c2ccc(Cl)cc2)CC1)Nc1c(Cl)cccc1Cl. The second-order valence-electron chi connectivity index (χ2n) is 6.54. The number of carbonyl (C=O) groups is 2. The van der Waals surface area contributed by atoms with Crippen LogP contribution in [0.1, 0.15) is 16.8 Å². The Morgan fingerprint density at radius 3 is 2.11 bits per heavy atom. The van der Waals surface area contributed by atoms with Crippen LogP contribution in [0.5, 0.6) is 0 Å². The van der Waals surface area contributed by atoms with Crippen LogP contribution in [0.15, 0.2) is 42.5 Å². The molecule has 5 nitrogen and oxygen atoms in total. The highest BCUT2D eigenvalue weighted by molar-refractivity contribution is 6.39. The smallest absolute Gasteiger partial charge is 0.253 e. The van der Waals surface area contributed by atoms with Gasteiger partial charge in [0.15, 0.2) is 0 Å². The van der Waals surface area contributed by atoms with Crippen molar-refractivity contribution >= 4 is 52.3 Å². The quantitative estimate of drug-likeness (QED) is 0.748. The number of piperazine rings is 1. The highest BCUT2D eigenvalue weighted by Gasteiger charge is 2.22. The van der Waals surface area contributed by atoms with E-state index < -0.39 is 0 Å². The van der Waals surface area contributed by atoms with Gasteiger partial charge >= 0.3 is 0 Å². The fraction of sp³-hybridized carbons (Fsp3) is 0.300. The third-order valence-electron chi connectivity index (χ3n) is 4.63. The maximum absolute atomic E-state index is 12.5. The Hall–Kier alpha value is -1.79. The number of hydrogen-bond donors (Lipinski definition) is 1. The van der Waals surface area contributed by atoms with Gasteiger partial charge in [0.2, 0.25) is 5.91 Å². The minimum Gasteiger partial charge on any atom is -0.336 e. The molecule has 0 radical (unpaired) electrons. The van der Waals surface area contributed by atoms with Gasteiger partial charge in [0, 0.05) is 49.7 Å². The van der Waals surface area contributed by atoms with E-state index in [2.05, 4.69) is 10.2 Å². The van der Waals surface area contributed by atoms with Crippen molar-refractivity contribution in [2.75, 3.05) is 38.0 Å². The average molecular weight is 441 g/mol. The Labute approximate surface area is 179 Å². The number of anilines is 1. The molecule has 1 N–H and O–H groups in total. The Morgan fingerprint density at radius 1 is 0.893 bits per heavy atom. The number of hydrogen-bond acceptors (Lipinski definition) is 3. The second kappa shape index (κ2) is 9.61. The van der Waals surface area contributed by atoms with E-state index in [1.54, 1.807) is 42.5 Å². The molecule has 28 heavy (non-hydrogen) atoms. The predicted molar refractivity (Wildman–Crippen MR) is 114 cm³/mol. The Balaban J connectivity index is 1.45. The van der Waals surface area contributed by atoms with Gasteiger partial charge in [-0.05, 0) is 36.4 Å². The molecule has 0 saturated carbocycles. The van der Waals surface area contributed by atoms with Crippen LogP contribution in [0, 0.1) is 0 Å². The summed E-state index contributed by atoms with van der Waals surface area (Å²) in [6.45, 7) is 3.30. The first-order valence-electron chi connectivity index (χ1n) is 8.95. The lowest BCUT2D eigenvalue weighted by Crippen LogP contribution is -2.49. The predicted octanol–water partition coefficient (Wildman–Crippen LogP) is 4.43. The third kappa shape index (κ3) is 5.39. The van der Waals surface area contributed by atoms with Crippen LogP contribution < -0.4 is 5.32 Å². The van der Waals surface area contributed by atoms with Crippen molar-refractivity contribution in [3.63, 3.8) is 0 Å². The summed E-state index contributed by atoms with van der Waals surface area (Å²) >= 11 is 18.0. The second-order valence-corrected chi connectivity index (χ2v) is 7.79. The summed E-state index contributed by atoms with van der Waals surface area (Å²) in [7, 11) is 0. The Bertz CT molecular complexity index is 830. The molecule has 148 valence electrons. The van der Waals surface area contributed by atoms with Crippen molar-refractivity contribution < 1.29 is 9.59 Å². The molecule has 1 fully saturated rings. The van der Waals surface area contributed by atoms with Gasteiger partial charge < -0.3 is 10.2 Å². The lowest BCUT2D eigenvalue weighted by molar-refractivity contribution is -0.116. The van der Waals surface area contributed by atoms with Crippen molar-refractivity contribution in [2.24, 2.45) is 0 Å². The van der Waals surface area contributed by atoms with Gasteiger partial charge in [-0.2, -0.15) is 0 Å². The first-order chi connectivity index (χ1) is 13.4. The number of amides is 2. The fourth-order valence-electron chi connectivity index (χ4n) is 3.03. The van der Waals surface area contributed by atoms with Gasteiger partial charge in [-0.3, -0.25) is 14.5 Å². The molecule has 1 aliphatic heterocycles. The molecule has 0 aliphatic carbocycles. The van der Waals surface area contributed by atoms with Gasteiger partial charge in [0.05, 0.1) is 15.7 Å². The van der Waals surface area contributed by atoms with E-state index in [-0.39, 0.29) is 11.8 Å². The maximum atomic E-state index is 12.5. The first-order valence-corrected chi connectivity index (χ1v) is 10.1. The molecule has 0 unspecified atom stereocenters. The van der Waals surface area contributed by atoms with E-state index in [0.717, 1.165) is 13.1 Å². The van der Waals surface area contributed by atoms with Gasteiger partial charge in [-0.15, -0.1) is 0 Å². The molecular formula is C20H20Cl3N3O2. The Kier molecular flexibility index (Phi) is 7.18. The van der Waals surface area contributed by atoms with Crippen LogP contribution >= 0.6 is 34.8 Å². The van der Waals surface area contributed by atoms with Crippen LogP contribution in [-0.4, -0.2) is 54.3 Å². The van der Waals surface area contributed by atoms with Gasteiger partial charge in [0.1, 0.15) is 0 Å². The molecule has 3 rings (SSSR count). The van der Waals surface area contributed by atoms with Crippen molar-refractivity contribution in [1.29, 1.82) is 0 Å². The first kappa shape index (κ1) is 20.9. The summed E-state index contributed by atoms with van der Waals surface area (Å²) in [5.41, 5.74) is 1.07. The lowest BCUT2D eigenvalue weighted by atomic mass is 10.2. The molecule has 1 heterocycles. The average Bonchev–Trinajstić information content (AvgIpc) is 2.70. The number of nitrogens with one attached hydrogen (secondary N) is 1. The summed E-state index contributed by atoms with van der Waals surface area (Å²) < 4.78 is 0. The minimum absolute atomic E-state index is 0.00224. The number of nitrogens with zero attached hydrogens (tertiary/aromatic N) is 2. The molecule has 8 heteroatoms.